The van der Waals surface area contributed by atoms with Gasteiger partial charge in [-0.2, -0.15) is 0 Å². The van der Waals surface area contributed by atoms with Crippen molar-refractivity contribution in [1.82, 2.24) is 0 Å². The molecule has 1 aromatic carbocycles. The van der Waals surface area contributed by atoms with Crippen LogP contribution in [0.25, 0.3) is 0 Å². The van der Waals surface area contributed by atoms with E-state index < -0.39 is 5.41 Å². The van der Waals surface area contributed by atoms with Crippen molar-refractivity contribution in [2.75, 3.05) is 19.8 Å². The fraction of sp³-hybridized carbons (Fsp3) is 0.562. The Kier molecular flexibility index (Phi) is 4.78. The lowest BCUT2D eigenvalue weighted by Crippen LogP contribution is -2.39. The van der Waals surface area contributed by atoms with Crippen molar-refractivity contribution in [1.29, 1.82) is 0 Å². The molecule has 20 heavy (non-hydrogen) atoms. The van der Waals surface area contributed by atoms with Crippen molar-refractivity contribution >= 4 is 5.97 Å². The molecule has 0 radical (unpaired) electrons. The first-order valence-corrected chi connectivity index (χ1v) is 7.17. The Balaban J connectivity index is 2.19. The summed E-state index contributed by atoms with van der Waals surface area (Å²) in [6.45, 7) is 4.97. The highest BCUT2D eigenvalue weighted by atomic mass is 16.5. The summed E-state index contributed by atoms with van der Waals surface area (Å²) in [5.74, 6) is -0.242. The standard InChI is InChI=1S/C16H23NO3/c1-3-19-15(18)16(2,11-17)10-14-13-7-5-4-6-12(13)8-9-20-14/h4-7,14H,3,8-11,17H2,1-2H3. The van der Waals surface area contributed by atoms with E-state index in [9.17, 15) is 4.79 Å². The molecule has 1 heterocycles. The Morgan fingerprint density at radius 2 is 2.25 bits per heavy atom. The normalized spacial score (nSPS) is 20.9. The van der Waals surface area contributed by atoms with Crippen LogP contribution in [0.2, 0.25) is 0 Å². The summed E-state index contributed by atoms with van der Waals surface area (Å²) in [7, 11) is 0. The molecule has 0 spiro atoms. The van der Waals surface area contributed by atoms with Crippen LogP contribution in [0, 0.1) is 5.41 Å². The smallest absolute Gasteiger partial charge is 0.313 e. The molecule has 0 saturated heterocycles. The van der Waals surface area contributed by atoms with Crippen LogP contribution in [0.5, 0.6) is 0 Å². The molecular formula is C16H23NO3. The minimum atomic E-state index is -0.703. The van der Waals surface area contributed by atoms with Gasteiger partial charge in [0.2, 0.25) is 0 Å². The summed E-state index contributed by atoms with van der Waals surface area (Å²) in [5, 5.41) is 0. The Bertz CT molecular complexity index is 475. The minimum Gasteiger partial charge on any atom is -0.466 e. The van der Waals surface area contributed by atoms with Gasteiger partial charge in [-0.25, -0.2) is 0 Å². The molecule has 1 aliphatic rings. The summed E-state index contributed by atoms with van der Waals surface area (Å²) < 4.78 is 11.0. The molecule has 0 fully saturated rings. The molecule has 4 heteroatoms. The number of nitrogens with two attached hydrogens (primary N) is 1. The van der Waals surface area contributed by atoms with Gasteiger partial charge in [0, 0.05) is 6.54 Å². The molecule has 0 aliphatic carbocycles. The quantitative estimate of drug-likeness (QED) is 0.838. The van der Waals surface area contributed by atoms with Gasteiger partial charge < -0.3 is 15.2 Å². The van der Waals surface area contributed by atoms with Crippen LogP contribution < -0.4 is 5.73 Å². The summed E-state index contributed by atoms with van der Waals surface area (Å²) in [6.07, 6.45) is 1.39. The summed E-state index contributed by atoms with van der Waals surface area (Å²) >= 11 is 0. The second kappa shape index (κ2) is 6.37. The zero-order chi connectivity index (χ0) is 14.6. The number of hydrogen-bond donors (Lipinski definition) is 1. The van der Waals surface area contributed by atoms with Crippen molar-refractivity contribution in [3.8, 4) is 0 Å². The zero-order valence-corrected chi connectivity index (χ0v) is 12.2. The number of hydrogen-bond acceptors (Lipinski definition) is 4. The number of rotatable bonds is 5. The molecule has 110 valence electrons. The lowest BCUT2D eigenvalue weighted by molar-refractivity contribution is -0.156. The van der Waals surface area contributed by atoms with E-state index in [1.807, 2.05) is 19.1 Å². The van der Waals surface area contributed by atoms with Crippen molar-refractivity contribution in [3.63, 3.8) is 0 Å². The predicted octanol–water partition coefficient (Wildman–Crippen LogP) is 2.22. The van der Waals surface area contributed by atoms with E-state index in [-0.39, 0.29) is 18.6 Å². The van der Waals surface area contributed by atoms with Crippen LogP contribution >= 0.6 is 0 Å². The van der Waals surface area contributed by atoms with Crippen molar-refractivity contribution < 1.29 is 14.3 Å². The largest absolute Gasteiger partial charge is 0.466 e. The van der Waals surface area contributed by atoms with Crippen molar-refractivity contribution in [3.05, 3.63) is 35.4 Å². The van der Waals surface area contributed by atoms with E-state index in [2.05, 4.69) is 12.1 Å². The molecular weight excluding hydrogens is 254 g/mol. The SMILES string of the molecule is CCOC(=O)C(C)(CN)CC1OCCc2ccccc21. The minimum absolute atomic E-state index is 0.0853. The monoisotopic (exact) mass is 277 g/mol. The van der Waals surface area contributed by atoms with E-state index in [0.717, 1.165) is 6.42 Å². The van der Waals surface area contributed by atoms with Gasteiger partial charge in [0.15, 0.2) is 0 Å². The van der Waals surface area contributed by atoms with E-state index in [1.165, 1.54) is 11.1 Å². The van der Waals surface area contributed by atoms with Gasteiger partial charge in [0.1, 0.15) is 0 Å². The molecule has 0 aromatic heterocycles. The maximum atomic E-state index is 12.1. The van der Waals surface area contributed by atoms with Gasteiger partial charge in [0.05, 0.1) is 24.7 Å². The Labute approximate surface area is 120 Å². The molecule has 2 atom stereocenters. The summed E-state index contributed by atoms with van der Waals surface area (Å²) in [6, 6.07) is 8.23. The van der Waals surface area contributed by atoms with Crippen LogP contribution in [0.3, 0.4) is 0 Å². The average Bonchev–Trinajstić information content (AvgIpc) is 2.48. The molecule has 0 saturated carbocycles. The lowest BCUT2D eigenvalue weighted by atomic mass is 9.81. The Hall–Kier alpha value is -1.39. The van der Waals surface area contributed by atoms with Crippen LogP contribution in [-0.4, -0.2) is 25.7 Å². The Morgan fingerprint density at radius 1 is 1.50 bits per heavy atom. The number of esters is 1. The van der Waals surface area contributed by atoms with Gasteiger partial charge in [0.25, 0.3) is 0 Å². The van der Waals surface area contributed by atoms with Crippen molar-refractivity contribution in [2.45, 2.75) is 32.8 Å². The molecule has 4 nitrogen and oxygen atoms in total. The van der Waals surface area contributed by atoms with E-state index in [1.54, 1.807) is 6.92 Å². The third kappa shape index (κ3) is 3.02. The van der Waals surface area contributed by atoms with Gasteiger partial charge in [-0.15, -0.1) is 0 Å². The lowest BCUT2D eigenvalue weighted by Gasteiger charge is -2.33. The number of carbonyl (C=O) groups is 1. The molecule has 1 aromatic rings. The first-order chi connectivity index (χ1) is 9.60. The van der Waals surface area contributed by atoms with Crippen LogP contribution in [0.4, 0.5) is 0 Å². The van der Waals surface area contributed by atoms with Gasteiger partial charge in [-0.05, 0) is 37.8 Å². The van der Waals surface area contributed by atoms with Crippen LogP contribution in [-0.2, 0) is 20.7 Å². The fourth-order valence-electron chi connectivity index (χ4n) is 2.61. The van der Waals surface area contributed by atoms with Gasteiger partial charge in [-0.3, -0.25) is 4.79 Å². The first kappa shape index (κ1) is 15.0. The molecule has 2 rings (SSSR count). The highest BCUT2D eigenvalue weighted by molar-refractivity contribution is 5.76. The van der Waals surface area contributed by atoms with Gasteiger partial charge in [-0.1, -0.05) is 24.3 Å². The van der Waals surface area contributed by atoms with Crippen molar-refractivity contribution in [2.24, 2.45) is 11.1 Å². The highest BCUT2D eigenvalue weighted by Crippen LogP contribution is 2.37. The number of ether oxygens (including phenoxy) is 2. The maximum absolute atomic E-state index is 12.1. The molecule has 0 bridgehead atoms. The van der Waals surface area contributed by atoms with Gasteiger partial charge >= 0.3 is 5.97 Å². The predicted molar refractivity (Wildman–Crippen MR) is 77.3 cm³/mol. The molecule has 2 N–H and O–H groups in total. The molecule has 0 amide bonds. The first-order valence-electron chi connectivity index (χ1n) is 7.17. The van der Waals surface area contributed by atoms with E-state index in [4.69, 9.17) is 15.2 Å². The highest BCUT2D eigenvalue weighted by Gasteiger charge is 2.38. The molecule has 1 aliphatic heterocycles. The van der Waals surface area contributed by atoms with Crippen LogP contribution in [0.15, 0.2) is 24.3 Å². The second-order valence-corrected chi connectivity index (χ2v) is 5.50. The third-order valence-corrected chi connectivity index (χ3v) is 3.95. The number of carbonyl (C=O) groups excluding carboxylic acids is 1. The topological polar surface area (TPSA) is 61.5 Å². The summed E-state index contributed by atoms with van der Waals surface area (Å²) in [4.78, 5) is 12.1. The second-order valence-electron chi connectivity index (χ2n) is 5.50. The average molecular weight is 277 g/mol. The van der Waals surface area contributed by atoms with E-state index in [0.29, 0.717) is 19.6 Å². The number of benzene rings is 1. The molecule has 2 unspecified atom stereocenters. The van der Waals surface area contributed by atoms with Crippen LogP contribution in [0.1, 0.15) is 37.5 Å². The zero-order valence-electron chi connectivity index (χ0n) is 12.2. The fourth-order valence-corrected chi connectivity index (χ4v) is 2.61. The maximum Gasteiger partial charge on any atom is 0.313 e. The Morgan fingerprint density at radius 3 is 2.95 bits per heavy atom. The number of fused-ring (bicyclic) bond motifs is 1. The summed E-state index contributed by atoms with van der Waals surface area (Å²) in [5.41, 5.74) is 7.58. The third-order valence-electron chi connectivity index (χ3n) is 3.95. The van der Waals surface area contributed by atoms with E-state index >= 15 is 0 Å².